The third-order valence-corrected chi connectivity index (χ3v) is 6.25. The highest BCUT2D eigenvalue weighted by Crippen LogP contribution is 2.29. The number of benzene rings is 1. The number of rotatable bonds is 5. The fourth-order valence-corrected chi connectivity index (χ4v) is 4.65. The van der Waals surface area contributed by atoms with Crippen molar-refractivity contribution in [2.45, 2.75) is 32.2 Å². The molecule has 2 unspecified atom stereocenters. The number of nitrogens with zero attached hydrogens (tertiary/aromatic N) is 3. The van der Waals surface area contributed by atoms with Crippen LogP contribution in [-0.2, 0) is 6.54 Å². The van der Waals surface area contributed by atoms with Crippen LogP contribution >= 0.6 is 0 Å². The number of piperidine rings is 2. The predicted molar refractivity (Wildman–Crippen MR) is 112 cm³/mol. The maximum atomic E-state index is 4.72. The molecule has 4 nitrogen and oxygen atoms in total. The Kier molecular flexibility index (Phi) is 6.05. The van der Waals surface area contributed by atoms with Gasteiger partial charge in [-0.15, -0.1) is 0 Å². The van der Waals surface area contributed by atoms with Gasteiger partial charge in [-0.05, 0) is 80.9 Å². The third kappa shape index (κ3) is 4.69. The van der Waals surface area contributed by atoms with Crippen molar-refractivity contribution in [3.63, 3.8) is 0 Å². The number of aromatic nitrogens is 1. The summed E-state index contributed by atoms with van der Waals surface area (Å²) in [5.41, 5.74) is 2.49. The third-order valence-electron chi connectivity index (χ3n) is 6.25. The van der Waals surface area contributed by atoms with Crippen LogP contribution in [-0.4, -0.2) is 43.1 Å². The molecule has 0 bridgehead atoms. The maximum Gasteiger partial charge on any atom is 0.132 e. The Hall–Kier alpha value is -1.91. The number of hydrogen-bond acceptors (Lipinski definition) is 4. The van der Waals surface area contributed by atoms with E-state index < -0.39 is 0 Å². The molecule has 2 fully saturated rings. The molecule has 4 heteroatoms. The van der Waals surface area contributed by atoms with Gasteiger partial charge in [0.1, 0.15) is 5.82 Å². The normalized spacial score (nSPS) is 23.9. The lowest BCUT2D eigenvalue weighted by atomic mass is 9.81. The first-order valence-corrected chi connectivity index (χ1v) is 10.5. The van der Waals surface area contributed by atoms with Gasteiger partial charge < -0.3 is 10.2 Å². The van der Waals surface area contributed by atoms with Crippen molar-refractivity contribution >= 4 is 11.5 Å². The second-order valence-corrected chi connectivity index (χ2v) is 8.16. The Balaban J connectivity index is 1.35. The summed E-state index contributed by atoms with van der Waals surface area (Å²) in [6, 6.07) is 14.8. The molecule has 3 heterocycles. The Morgan fingerprint density at radius 3 is 2.67 bits per heavy atom. The summed E-state index contributed by atoms with van der Waals surface area (Å²) in [6.45, 7) is 5.93. The summed E-state index contributed by atoms with van der Waals surface area (Å²) in [4.78, 5) is 9.49. The van der Waals surface area contributed by atoms with Crippen LogP contribution in [0.15, 0.2) is 48.7 Å². The predicted octanol–water partition coefficient (Wildman–Crippen LogP) is 4.06. The van der Waals surface area contributed by atoms with E-state index >= 15 is 0 Å². The molecule has 2 saturated heterocycles. The van der Waals surface area contributed by atoms with Gasteiger partial charge in [0.25, 0.3) is 0 Å². The first kappa shape index (κ1) is 18.5. The van der Waals surface area contributed by atoms with Crippen LogP contribution in [0.4, 0.5) is 11.5 Å². The van der Waals surface area contributed by atoms with E-state index in [1.54, 1.807) is 0 Å². The van der Waals surface area contributed by atoms with Gasteiger partial charge in [0.2, 0.25) is 0 Å². The summed E-state index contributed by atoms with van der Waals surface area (Å²) >= 11 is 0. The van der Waals surface area contributed by atoms with Crippen LogP contribution < -0.4 is 10.2 Å². The highest BCUT2D eigenvalue weighted by atomic mass is 15.2. The highest BCUT2D eigenvalue weighted by molar-refractivity contribution is 5.58. The van der Waals surface area contributed by atoms with Crippen molar-refractivity contribution in [3.8, 4) is 0 Å². The fourth-order valence-electron chi connectivity index (χ4n) is 4.65. The number of likely N-dealkylation sites (tertiary alicyclic amines) is 1. The quantitative estimate of drug-likeness (QED) is 0.867. The molecule has 0 aliphatic carbocycles. The van der Waals surface area contributed by atoms with Crippen molar-refractivity contribution in [2.24, 2.45) is 11.8 Å². The molecule has 2 aliphatic rings. The molecule has 0 spiro atoms. The van der Waals surface area contributed by atoms with Gasteiger partial charge in [-0.3, -0.25) is 4.90 Å². The molecular formula is C23H32N4. The molecule has 0 amide bonds. The largest absolute Gasteiger partial charge is 0.329 e. The zero-order valence-corrected chi connectivity index (χ0v) is 16.5. The van der Waals surface area contributed by atoms with E-state index in [1.165, 1.54) is 57.4 Å². The molecule has 27 heavy (non-hydrogen) atoms. The van der Waals surface area contributed by atoms with Crippen LogP contribution in [0.2, 0.25) is 0 Å². The van der Waals surface area contributed by atoms with Crippen LogP contribution in [0.1, 0.15) is 31.2 Å². The van der Waals surface area contributed by atoms with Crippen LogP contribution in [0.25, 0.3) is 0 Å². The van der Waals surface area contributed by atoms with E-state index in [4.69, 9.17) is 4.98 Å². The van der Waals surface area contributed by atoms with Gasteiger partial charge in [-0.2, -0.15) is 0 Å². The van der Waals surface area contributed by atoms with Crippen LogP contribution in [0.5, 0.6) is 0 Å². The minimum absolute atomic E-state index is 0.864. The summed E-state index contributed by atoms with van der Waals surface area (Å²) in [5, 5.41) is 3.59. The Bertz CT molecular complexity index is 694. The number of para-hydroxylation sites is 1. The average molecular weight is 365 g/mol. The van der Waals surface area contributed by atoms with Crippen LogP contribution in [0.3, 0.4) is 0 Å². The first-order valence-electron chi connectivity index (χ1n) is 10.5. The van der Waals surface area contributed by atoms with Crippen molar-refractivity contribution in [1.29, 1.82) is 0 Å². The van der Waals surface area contributed by atoms with E-state index in [2.05, 4.69) is 64.8 Å². The Labute approximate surface area is 163 Å². The number of pyridine rings is 1. The van der Waals surface area contributed by atoms with Crippen molar-refractivity contribution in [3.05, 3.63) is 54.2 Å². The minimum atomic E-state index is 0.864. The summed E-state index contributed by atoms with van der Waals surface area (Å²) < 4.78 is 0. The molecular weight excluding hydrogens is 332 g/mol. The number of nitrogens with one attached hydrogen (secondary N) is 1. The van der Waals surface area contributed by atoms with Crippen molar-refractivity contribution in [2.75, 3.05) is 38.1 Å². The number of hydrogen-bond donors (Lipinski definition) is 1. The summed E-state index contributed by atoms with van der Waals surface area (Å²) in [7, 11) is 2.07. The second kappa shape index (κ2) is 8.85. The van der Waals surface area contributed by atoms with Gasteiger partial charge >= 0.3 is 0 Å². The van der Waals surface area contributed by atoms with E-state index in [0.29, 0.717) is 0 Å². The van der Waals surface area contributed by atoms with E-state index in [-0.39, 0.29) is 0 Å². The smallest absolute Gasteiger partial charge is 0.132 e. The Morgan fingerprint density at radius 2 is 1.93 bits per heavy atom. The summed E-state index contributed by atoms with van der Waals surface area (Å²) in [6.07, 6.45) is 7.56. The van der Waals surface area contributed by atoms with Gasteiger partial charge in [0.15, 0.2) is 0 Å². The van der Waals surface area contributed by atoms with Gasteiger partial charge in [0.05, 0.1) is 0 Å². The molecule has 4 rings (SSSR count). The zero-order valence-electron chi connectivity index (χ0n) is 16.5. The molecule has 1 N–H and O–H groups in total. The standard InChI is InChI=1S/C23H32N4/c1-26(22-9-3-2-4-10-22)23-12-11-19(15-25-23)17-27-14-6-8-21(18-27)20-7-5-13-24-16-20/h2-4,9-12,15,20-21,24H,5-8,13-14,16-18H2,1H3. The molecule has 0 saturated carbocycles. The fraction of sp³-hybridized carbons (Fsp3) is 0.522. The van der Waals surface area contributed by atoms with Gasteiger partial charge in [-0.1, -0.05) is 24.3 Å². The van der Waals surface area contributed by atoms with E-state index in [1.807, 2.05) is 6.07 Å². The molecule has 2 atom stereocenters. The topological polar surface area (TPSA) is 31.4 Å². The first-order chi connectivity index (χ1) is 13.3. The van der Waals surface area contributed by atoms with Gasteiger partial charge in [-0.25, -0.2) is 4.98 Å². The minimum Gasteiger partial charge on any atom is -0.329 e. The highest BCUT2D eigenvalue weighted by Gasteiger charge is 2.28. The van der Waals surface area contributed by atoms with E-state index in [0.717, 1.165) is 29.9 Å². The summed E-state index contributed by atoms with van der Waals surface area (Å²) in [5.74, 6) is 2.74. The zero-order chi connectivity index (χ0) is 18.5. The lowest BCUT2D eigenvalue weighted by Crippen LogP contribution is -2.42. The van der Waals surface area contributed by atoms with Gasteiger partial charge in [0, 0.05) is 32.0 Å². The molecule has 144 valence electrons. The lowest BCUT2D eigenvalue weighted by molar-refractivity contribution is 0.115. The lowest BCUT2D eigenvalue weighted by Gasteiger charge is -2.38. The second-order valence-electron chi connectivity index (χ2n) is 8.16. The molecule has 1 aromatic heterocycles. The van der Waals surface area contributed by atoms with Crippen molar-refractivity contribution in [1.82, 2.24) is 15.2 Å². The van der Waals surface area contributed by atoms with Crippen LogP contribution in [0, 0.1) is 11.8 Å². The molecule has 1 aromatic carbocycles. The average Bonchev–Trinajstić information content (AvgIpc) is 2.75. The number of anilines is 2. The van der Waals surface area contributed by atoms with Crippen molar-refractivity contribution < 1.29 is 0 Å². The Morgan fingerprint density at radius 1 is 1.07 bits per heavy atom. The molecule has 0 radical (unpaired) electrons. The van der Waals surface area contributed by atoms with E-state index in [9.17, 15) is 0 Å². The monoisotopic (exact) mass is 364 g/mol. The SMILES string of the molecule is CN(c1ccccc1)c1ccc(CN2CCCC(C3CCCNC3)C2)cn1. The maximum absolute atomic E-state index is 4.72. The molecule has 2 aliphatic heterocycles. The molecule has 2 aromatic rings.